The van der Waals surface area contributed by atoms with Crippen LogP contribution in [-0.4, -0.2) is 17.8 Å². The van der Waals surface area contributed by atoms with Crippen LogP contribution in [-0.2, 0) is 6.54 Å². The van der Waals surface area contributed by atoms with Gasteiger partial charge in [0.2, 0.25) is 5.89 Å². The largest absolute Gasteiger partial charge is 0.447 e. The van der Waals surface area contributed by atoms with Crippen molar-refractivity contribution in [3.05, 3.63) is 17.8 Å². The van der Waals surface area contributed by atoms with Crippen LogP contribution in [0.1, 0.15) is 23.3 Å². The van der Waals surface area contributed by atoms with Crippen LogP contribution in [0.2, 0.25) is 0 Å². The van der Waals surface area contributed by atoms with Crippen molar-refractivity contribution in [3.63, 3.8) is 0 Å². The van der Waals surface area contributed by atoms with Gasteiger partial charge in [0.25, 0.3) is 0 Å². The second-order valence-electron chi connectivity index (χ2n) is 2.21. The zero-order valence-corrected chi connectivity index (χ0v) is 6.55. The van der Waals surface area contributed by atoms with Crippen LogP contribution in [0, 0.1) is 0 Å². The maximum Gasteiger partial charge on any atom is 0.208 e. The summed E-state index contributed by atoms with van der Waals surface area (Å²) in [5.41, 5.74) is 0.384. The molecule has 0 bridgehead atoms. The molecule has 60 valence electrons. The fourth-order valence-corrected chi connectivity index (χ4v) is 0.705. The highest BCUT2D eigenvalue weighted by Crippen LogP contribution is 2.01. The molecular formula is C7H10N2O2. The second kappa shape index (κ2) is 3.30. The van der Waals surface area contributed by atoms with Crippen LogP contribution in [0.5, 0.6) is 0 Å². The van der Waals surface area contributed by atoms with Gasteiger partial charge in [-0.25, -0.2) is 4.98 Å². The first kappa shape index (κ1) is 7.94. The molecule has 0 atom stereocenters. The summed E-state index contributed by atoms with van der Waals surface area (Å²) in [6.45, 7) is 2.01. The predicted molar refractivity (Wildman–Crippen MR) is 39.3 cm³/mol. The molecule has 0 unspecified atom stereocenters. The highest BCUT2D eigenvalue weighted by Gasteiger charge is 2.05. The van der Waals surface area contributed by atoms with Crippen LogP contribution in [0.4, 0.5) is 0 Å². The molecule has 0 aliphatic carbocycles. The maximum absolute atomic E-state index is 10.7. The molecule has 1 N–H and O–H groups in total. The third-order valence-electron chi connectivity index (χ3n) is 1.24. The van der Waals surface area contributed by atoms with E-state index in [0.717, 1.165) is 0 Å². The normalized spacial score (nSPS) is 10.0. The average molecular weight is 154 g/mol. The highest BCUT2D eigenvalue weighted by atomic mass is 16.3. The maximum atomic E-state index is 10.7. The minimum atomic E-state index is -0.0731. The quantitative estimate of drug-likeness (QED) is 0.647. The minimum absolute atomic E-state index is 0.0731. The summed E-state index contributed by atoms with van der Waals surface area (Å²) in [7, 11) is 1.79. The molecular weight excluding hydrogens is 144 g/mol. The lowest BCUT2D eigenvalue weighted by Gasteiger charge is -1.88. The molecule has 1 aromatic rings. The molecule has 1 rings (SSSR count). The molecule has 0 saturated carbocycles. The summed E-state index contributed by atoms with van der Waals surface area (Å²) >= 11 is 0. The Kier molecular flexibility index (Phi) is 2.38. The molecule has 1 heterocycles. The highest BCUT2D eigenvalue weighted by molar-refractivity contribution is 5.91. The van der Waals surface area contributed by atoms with E-state index in [1.807, 2.05) is 0 Å². The zero-order valence-electron chi connectivity index (χ0n) is 6.55. The van der Waals surface area contributed by atoms with Gasteiger partial charge in [0, 0.05) is 6.92 Å². The Bertz CT molecular complexity index is 255. The second-order valence-corrected chi connectivity index (χ2v) is 2.21. The number of rotatable bonds is 3. The number of hydrogen-bond donors (Lipinski definition) is 1. The molecule has 4 heteroatoms. The Morgan fingerprint density at radius 1 is 1.82 bits per heavy atom. The van der Waals surface area contributed by atoms with Crippen molar-refractivity contribution in [2.75, 3.05) is 7.05 Å². The number of nitrogens with one attached hydrogen (secondary N) is 1. The van der Waals surface area contributed by atoms with Crippen molar-refractivity contribution in [1.29, 1.82) is 0 Å². The Morgan fingerprint density at radius 3 is 3.00 bits per heavy atom. The van der Waals surface area contributed by atoms with E-state index in [9.17, 15) is 4.79 Å². The number of Topliss-reactive ketones (excluding diaryl/α,β-unsaturated/α-hetero) is 1. The number of oxazole rings is 1. The SMILES string of the molecule is CNCc1nc(C(C)=O)co1. The smallest absolute Gasteiger partial charge is 0.208 e. The van der Waals surface area contributed by atoms with E-state index in [2.05, 4.69) is 10.3 Å². The average Bonchev–Trinajstić information content (AvgIpc) is 2.37. The molecule has 0 saturated heterocycles. The van der Waals surface area contributed by atoms with Crippen LogP contribution < -0.4 is 5.32 Å². The van der Waals surface area contributed by atoms with Gasteiger partial charge in [-0.15, -0.1) is 0 Å². The summed E-state index contributed by atoms with van der Waals surface area (Å²) in [6, 6.07) is 0. The fourth-order valence-electron chi connectivity index (χ4n) is 0.705. The van der Waals surface area contributed by atoms with Gasteiger partial charge in [-0.1, -0.05) is 0 Å². The fraction of sp³-hybridized carbons (Fsp3) is 0.429. The van der Waals surface area contributed by atoms with Gasteiger partial charge in [-0.05, 0) is 7.05 Å². The number of carbonyl (C=O) groups is 1. The van der Waals surface area contributed by atoms with Crippen molar-refractivity contribution in [2.24, 2.45) is 0 Å². The molecule has 0 radical (unpaired) electrons. The number of hydrogen-bond acceptors (Lipinski definition) is 4. The monoisotopic (exact) mass is 154 g/mol. The first-order valence-electron chi connectivity index (χ1n) is 3.34. The van der Waals surface area contributed by atoms with Gasteiger partial charge in [-0.3, -0.25) is 4.79 Å². The number of aromatic nitrogens is 1. The van der Waals surface area contributed by atoms with Crippen LogP contribution in [0.25, 0.3) is 0 Å². The summed E-state index contributed by atoms with van der Waals surface area (Å²) in [5.74, 6) is 0.466. The van der Waals surface area contributed by atoms with Crippen molar-refractivity contribution in [1.82, 2.24) is 10.3 Å². The number of carbonyl (C=O) groups excluding carboxylic acids is 1. The third kappa shape index (κ3) is 1.88. The van der Waals surface area contributed by atoms with Gasteiger partial charge >= 0.3 is 0 Å². The lowest BCUT2D eigenvalue weighted by molar-refractivity contribution is 0.101. The lowest BCUT2D eigenvalue weighted by Crippen LogP contribution is -2.05. The number of ketones is 1. The van der Waals surface area contributed by atoms with Crippen LogP contribution in [0.15, 0.2) is 10.7 Å². The van der Waals surface area contributed by atoms with Crippen molar-refractivity contribution >= 4 is 5.78 Å². The summed E-state index contributed by atoms with van der Waals surface area (Å²) < 4.78 is 4.97. The first-order valence-corrected chi connectivity index (χ1v) is 3.34. The summed E-state index contributed by atoms with van der Waals surface area (Å²) in [5, 5.41) is 2.87. The Hall–Kier alpha value is -1.16. The predicted octanol–water partition coefficient (Wildman–Crippen LogP) is 0.597. The summed E-state index contributed by atoms with van der Waals surface area (Å²) in [4.78, 5) is 14.6. The standard InChI is InChI=1S/C7H10N2O2/c1-5(10)6-4-11-7(9-6)3-8-2/h4,8H,3H2,1-2H3. The van der Waals surface area contributed by atoms with E-state index in [1.54, 1.807) is 7.05 Å². The number of nitrogens with zero attached hydrogens (tertiary/aromatic N) is 1. The van der Waals surface area contributed by atoms with E-state index in [1.165, 1.54) is 13.2 Å². The van der Waals surface area contributed by atoms with E-state index in [-0.39, 0.29) is 5.78 Å². The molecule has 11 heavy (non-hydrogen) atoms. The van der Waals surface area contributed by atoms with E-state index in [4.69, 9.17) is 4.42 Å². The van der Waals surface area contributed by atoms with E-state index >= 15 is 0 Å². The van der Waals surface area contributed by atoms with E-state index in [0.29, 0.717) is 18.1 Å². The van der Waals surface area contributed by atoms with Gasteiger partial charge in [-0.2, -0.15) is 0 Å². The topological polar surface area (TPSA) is 55.1 Å². The molecule has 0 amide bonds. The molecule has 0 aromatic carbocycles. The van der Waals surface area contributed by atoms with Gasteiger partial charge in [0.05, 0.1) is 6.54 Å². The van der Waals surface area contributed by atoms with Gasteiger partial charge < -0.3 is 9.73 Å². The van der Waals surface area contributed by atoms with Gasteiger partial charge in [0.15, 0.2) is 5.78 Å². The molecule has 0 spiro atoms. The van der Waals surface area contributed by atoms with Crippen molar-refractivity contribution in [3.8, 4) is 0 Å². The Labute approximate surface area is 64.6 Å². The van der Waals surface area contributed by atoms with Crippen molar-refractivity contribution in [2.45, 2.75) is 13.5 Å². The van der Waals surface area contributed by atoms with Crippen LogP contribution >= 0.6 is 0 Å². The molecule has 0 fully saturated rings. The Balaban J connectivity index is 2.73. The van der Waals surface area contributed by atoms with E-state index < -0.39 is 0 Å². The first-order chi connectivity index (χ1) is 5.24. The molecule has 0 aliphatic heterocycles. The lowest BCUT2D eigenvalue weighted by atomic mass is 10.3. The Morgan fingerprint density at radius 2 is 2.55 bits per heavy atom. The molecule has 4 nitrogen and oxygen atoms in total. The third-order valence-corrected chi connectivity index (χ3v) is 1.24. The van der Waals surface area contributed by atoms with Crippen molar-refractivity contribution < 1.29 is 9.21 Å². The summed E-state index contributed by atoms with van der Waals surface area (Å²) in [6.07, 6.45) is 1.37. The minimum Gasteiger partial charge on any atom is -0.447 e. The zero-order chi connectivity index (χ0) is 8.27. The van der Waals surface area contributed by atoms with Crippen LogP contribution in [0.3, 0.4) is 0 Å². The van der Waals surface area contributed by atoms with Gasteiger partial charge in [0.1, 0.15) is 12.0 Å². The molecule has 0 aliphatic rings. The molecule has 1 aromatic heterocycles.